The van der Waals surface area contributed by atoms with E-state index < -0.39 is 11.9 Å². The Morgan fingerprint density at radius 1 is 1.24 bits per heavy atom. The van der Waals surface area contributed by atoms with Gasteiger partial charge in [0.2, 0.25) is 0 Å². The lowest BCUT2D eigenvalue weighted by atomic mass is 10.2. The van der Waals surface area contributed by atoms with Crippen molar-refractivity contribution in [2.24, 2.45) is 0 Å². The Hall–Kier alpha value is -2.87. The fourth-order valence-electron chi connectivity index (χ4n) is 1.52. The van der Waals surface area contributed by atoms with Crippen LogP contribution in [0.2, 0.25) is 0 Å². The van der Waals surface area contributed by atoms with Gasteiger partial charge in [0.15, 0.2) is 10.9 Å². The Morgan fingerprint density at radius 3 is 2.62 bits per heavy atom. The Balaban J connectivity index is 2.05. The molecule has 0 aliphatic carbocycles. The molecule has 0 saturated heterocycles. The van der Waals surface area contributed by atoms with Crippen LogP contribution in [0.4, 0.5) is 5.69 Å². The van der Waals surface area contributed by atoms with Crippen molar-refractivity contribution in [2.75, 3.05) is 5.32 Å². The lowest BCUT2D eigenvalue weighted by Crippen LogP contribution is -2.33. The van der Waals surface area contributed by atoms with Crippen LogP contribution in [0.5, 0.6) is 5.75 Å². The molecule has 0 spiro atoms. The molecule has 0 atom stereocenters. The molecule has 0 unspecified atom stereocenters. The van der Waals surface area contributed by atoms with E-state index in [0.717, 1.165) is 0 Å². The van der Waals surface area contributed by atoms with Crippen LogP contribution in [0.25, 0.3) is 0 Å². The first kappa shape index (κ1) is 14.5. The molecule has 7 nitrogen and oxygen atoms in total. The number of anilines is 1. The van der Waals surface area contributed by atoms with Crippen molar-refractivity contribution in [2.45, 2.75) is 0 Å². The van der Waals surface area contributed by atoms with Gasteiger partial charge < -0.3 is 19.9 Å². The third-order valence-corrected chi connectivity index (χ3v) is 2.66. The molecule has 21 heavy (non-hydrogen) atoms. The average molecular weight is 306 g/mol. The second-order valence-corrected chi connectivity index (χ2v) is 4.33. The van der Waals surface area contributed by atoms with Gasteiger partial charge in [-0.05, 0) is 42.5 Å². The normalized spacial score (nSPS) is 9.90. The summed E-state index contributed by atoms with van der Waals surface area (Å²) in [6, 6.07) is 6.87. The third-order valence-electron chi connectivity index (χ3n) is 2.46. The number of nitrogens with one attached hydrogen (secondary N) is 2. The Labute approximate surface area is 124 Å². The molecule has 8 heteroatoms. The first-order valence-corrected chi connectivity index (χ1v) is 6.10. The Bertz CT molecular complexity index is 697. The molecule has 0 bridgehead atoms. The fraction of sp³-hybridized carbons (Fsp3) is 0. The second-order valence-electron chi connectivity index (χ2n) is 3.92. The zero-order chi connectivity index (χ0) is 15.4. The summed E-state index contributed by atoms with van der Waals surface area (Å²) in [5, 5.41) is 23.3. The number of carbonyl (C=O) groups is 2. The summed E-state index contributed by atoms with van der Waals surface area (Å²) >= 11 is 4.93. The van der Waals surface area contributed by atoms with E-state index in [1.165, 1.54) is 30.5 Å². The quantitative estimate of drug-likeness (QED) is 0.505. The predicted molar refractivity (Wildman–Crippen MR) is 77.5 cm³/mol. The van der Waals surface area contributed by atoms with E-state index in [9.17, 15) is 14.7 Å². The fourth-order valence-corrected chi connectivity index (χ4v) is 1.73. The lowest BCUT2D eigenvalue weighted by Gasteiger charge is -2.09. The molecule has 0 aliphatic rings. The van der Waals surface area contributed by atoms with Gasteiger partial charge in [0, 0.05) is 5.69 Å². The number of benzene rings is 1. The van der Waals surface area contributed by atoms with Crippen molar-refractivity contribution in [1.29, 1.82) is 0 Å². The molecule has 0 fully saturated rings. The van der Waals surface area contributed by atoms with Gasteiger partial charge in [-0.15, -0.1) is 0 Å². The molecule has 1 heterocycles. The number of thiocarbonyl (C=S) groups is 1. The molecule has 0 radical (unpaired) electrons. The molecule has 4 N–H and O–H groups in total. The molecule has 1 amide bonds. The van der Waals surface area contributed by atoms with E-state index >= 15 is 0 Å². The molecule has 2 rings (SSSR count). The van der Waals surface area contributed by atoms with Gasteiger partial charge in [-0.1, -0.05) is 0 Å². The molecule has 0 saturated carbocycles. The van der Waals surface area contributed by atoms with Crippen molar-refractivity contribution < 1.29 is 24.2 Å². The van der Waals surface area contributed by atoms with Crippen LogP contribution in [0.1, 0.15) is 20.9 Å². The number of rotatable bonds is 3. The molecule has 1 aromatic heterocycles. The van der Waals surface area contributed by atoms with Crippen LogP contribution in [0, 0.1) is 0 Å². The van der Waals surface area contributed by atoms with Crippen molar-refractivity contribution in [1.82, 2.24) is 5.32 Å². The number of aromatic hydroxyl groups is 1. The van der Waals surface area contributed by atoms with Crippen LogP contribution < -0.4 is 10.6 Å². The third kappa shape index (κ3) is 3.57. The van der Waals surface area contributed by atoms with Crippen LogP contribution in [0.3, 0.4) is 0 Å². The molecule has 2 aromatic rings. The van der Waals surface area contributed by atoms with Crippen LogP contribution in [0.15, 0.2) is 41.0 Å². The number of phenols is 1. The maximum Gasteiger partial charge on any atom is 0.339 e. The zero-order valence-electron chi connectivity index (χ0n) is 10.5. The van der Waals surface area contributed by atoms with E-state index in [-0.39, 0.29) is 22.2 Å². The summed E-state index contributed by atoms with van der Waals surface area (Å²) in [7, 11) is 0. The summed E-state index contributed by atoms with van der Waals surface area (Å²) in [4.78, 5) is 22.6. The van der Waals surface area contributed by atoms with Gasteiger partial charge in [-0.25, -0.2) is 4.79 Å². The largest absolute Gasteiger partial charge is 0.507 e. The average Bonchev–Trinajstić information content (AvgIpc) is 2.94. The van der Waals surface area contributed by atoms with Gasteiger partial charge in [0.25, 0.3) is 5.91 Å². The first-order valence-electron chi connectivity index (χ1n) is 5.69. The van der Waals surface area contributed by atoms with Crippen molar-refractivity contribution in [3.05, 3.63) is 47.9 Å². The van der Waals surface area contributed by atoms with E-state index in [2.05, 4.69) is 10.6 Å². The molecule has 0 aliphatic heterocycles. The number of furan rings is 1. The van der Waals surface area contributed by atoms with Crippen molar-refractivity contribution in [3.63, 3.8) is 0 Å². The maximum absolute atomic E-state index is 11.7. The summed E-state index contributed by atoms with van der Waals surface area (Å²) in [5.74, 6) is -2.08. The summed E-state index contributed by atoms with van der Waals surface area (Å²) in [6.45, 7) is 0. The minimum absolute atomic E-state index is 0.0292. The molecule has 1 aromatic carbocycles. The van der Waals surface area contributed by atoms with Gasteiger partial charge in [0.1, 0.15) is 11.3 Å². The van der Waals surface area contributed by atoms with Crippen LogP contribution in [-0.4, -0.2) is 27.2 Å². The highest BCUT2D eigenvalue weighted by Crippen LogP contribution is 2.21. The number of carboxylic acid groups (broad SMARTS) is 1. The maximum atomic E-state index is 11.7. The summed E-state index contributed by atoms with van der Waals surface area (Å²) in [6.07, 6.45) is 1.35. The Kier molecular flexibility index (Phi) is 4.19. The first-order chi connectivity index (χ1) is 9.97. The number of hydrogen-bond donors (Lipinski definition) is 4. The molecular formula is C13H10N2O5S. The Morgan fingerprint density at radius 2 is 2.00 bits per heavy atom. The van der Waals surface area contributed by atoms with Gasteiger partial charge in [-0.3, -0.25) is 10.1 Å². The van der Waals surface area contributed by atoms with E-state index in [1.807, 2.05) is 0 Å². The number of hydrogen-bond acceptors (Lipinski definition) is 5. The zero-order valence-corrected chi connectivity index (χ0v) is 11.3. The smallest absolute Gasteiger partial charge is 0.339 e. The van der Waals surface area contributed by atoms with E-state index in [4.69, 9.17) is 21.7 Å². The van der Waals surface area contributed by atoms with Crippen LogP contribution >= 0.6 is 12.2 Å². The summed E-state index contributed by atoms with van der Waals surface area (Å²) in [5.41, 5.74) is 0.0371. The summed E-state index contributed by atoms with van der Waals surface area (Å²) < 4.78 is 4.90. The monoisotopic (exact) mass is 306 g/mol. The molecular weight excluding hydrogens is 296 g/mol. The second kappa shape index (κ2) is 6.06. The van der Waals surface area contributed by atoms with Gasteiger partial charge in [-0.2, -0.15) is 0 Å². The standard InChI is InChI=1S/C13H10N2O5S/c16-9-4-3-7(6-8(9)12(18)19)14-13(21)15-11(17)10-2-1-5-20-10/h1-6,16H,(H,18,19)(H2,14,15,17,21). The number of carbonyl (C=O) groups excluding carboxylic acids is 1. The minimum atomic E-state index is -1.28. The number of aromatic carboxylic acids is 1. The van der Waals surface area contributed by atoms with Crippen molar-refractivity contribution in [3.8, 4) is 5.75 Å². The highest BCUT2D eigenvalue weighted by atomic mass is 32.1. The molecule has 108 valence electrons. The highest BCUT2D eigenvalue weighted by Gasteiger charge is 2.13. The van der Waals surface area contributed by atoms with Crippen molar-refractivity contribution >= 4 is 34.9 Å². The lowest BCUT2D eigenvalue weighted by molar-refractivity contribution is 0.0693. The number of amides is 1. The van der Waals surface area contributed by atoms with E-state index in [1.54, 1.807) is 6.07 Å². The van der Waals surface area contributed by atoms with Gasteiger partial charge >= 0.3 is 5.97 Å². The van der Waals surface area contributed by atoms with Crippen LogP contribution in [-0.2, 0) is 0 Å². The van der Waals surface area contributed by atoms with Gasteiger partial charge in [0.05, 0.1) is 6.26 Å². The minimum Gasteiger partial charge on any atom is -0.507 e. The number of carboxylic acids is 1. The SMILES string of the molecule is O=C(NC(=S)Nc1ccc(O)c(C(=O)O)c1)c1ccco1. The predicted octanol–water partition coefficient (Wildman–Crippen LogP) is 1.81. The topological polar surface area (TPSA) is 112 Å². The van der Waals surface area contributed by atoms with E-state index in [0.29, 0.717) is 5.69 Å². The highest BCUT2D eigenvalue weighted by molar-refractivity contribution is 7.80.